The largest absolute Gasteiger partial charge is 0.354 e. The molecule has 29 heavy (non-hydrogen) atoms. The highest BCUT2D eigenvalue weighted by molar-refractivity contribution is 7.92. The van der Waals surface area contributed by atoms with Crippen LogP contribution in [0.15, 0.2) is 59.5 Å². The third kappa shape index (κ3) is 6.75. The number of unbranched alkanes of at least 4 members (excludes halogenated alkanes) is 1. The van der Waals surface area contributed by atoms with Gasteiger partial charge in [0.2, 0.25) is 5.91 Å². The van der Waals surface area contributed by atoms with Gasteiger partial charge in [-0.1, -0.05) is 62.9 Å². The van der Waals surface area contributed by atoms with Gasteiger partial charge in [-0.05, 0) is 48.7 Å². The van der Waals surface area contributed by atoms with E-state index in [0.29, 0.717) is 23.2 Å². The fourth-order valence-electron chi connectivity index (χ4n) is 3.03. The van der Waals surface area contributed by atoms with Crippen molar-refractivity contribution in [3.63, 3.8) is 0 Å². The van der Waals surface area contributed by atoms with Crippen LogP contribution < -0.4 is 9.62 Å². The van der Waals surface area contributed by atoms with Crippen molar-refractivity contribution in [1.82, 2.24) is 5.32 Å². The molecule has 2 rings (SSSR count). The van der Waals surface area contributed by atoms with Crippen molar-refractivity contribution in [3.8, 4) is 0 Å². The molecule has 0 bridgehead atoms. The molecule has 2 aromatic rings. The molecule has 0 aliphatic rings. The number of halogens is 1. The number of carbonyl (C=O) groups excluding carboxylic acids is 1. The topological polar surface area (TPSA) is 66.5 Å². The van der Waals surface area contributed by atoms with Gasteiger partial charge in [-0.3, -0.25) is 9.10 Å². The van der Waals surface area contributed by atoms with E-state index in [1.54, 1.807) is 42.5 Å². The van der Waals surface area contributed by atoms with Gasteiger partial charge in [-0.25, -0.2) is 8.42 Å². The summed E-state index contributed by atoms with van der Waals surface area (Å²) >= 11 is 5.95. The maximum atomic E-state index is 13.2. The van der Waals surface area contributed by atoms with Crippen LogP contribution in [0.4, 0.5) is 5.69 Å². The smallest absolute Gasteiger partial charge is 0.264 e. The van der Waals surface area contributed by atoms with Crippen LogP contribution in [0.25, 0.3) is 0 Å². The number of amides is 1. The van der Waals surface area contributed by atoms with Gasteiger partial charge in [-0.2, -0.15) is 0 Å². The molecule has 0 aromatic heterocycles. The van der Waals surface area contributed by atoms with Crippen LogP contribution in [0.5, 0.6) is 0 Å². The monoisotopic (exact) mass is 436 g/mol. The maximum Gasteiger partial charge on any atom is 0.264 e. The minimum atomic E-state index is -3.89. The molecule has 1 atom stereocenters. The SMILES string of the molecule is CCCCC(CC)CNC(=O)CN(c1ccc(Cl)cc1)S(=O)(=O)c1ccccc1. The Bertz CT molecular complexity index is 871. The number of carbonyl (C=O) groups is 1. The summed E-state index contributed by atoms with van der Waals surface area (Å²) in [5.74, 6) is 0.0722. The quantitative estimate of drug-likeness (QED) is 0.546. The minimum absolute atomic E-state index is 0.136. The fourth-order valence-corrected chi connectivity index (χ4v) is 4.60. The zero-order valence-corrected chi connectivity index (χ0v) is 18.5. The molecule has 0 radical (unpaired) electrons. The molecular weight excluding hydrogens is 408 g/mol. The molecule has 0 saturated carbocycles. The van der Waals surface area contributed by atoms with Crippen LogP contribution in [0.1, 0.15) is 39.5 Å². The molecule has 0 spiro atoms. The maximum absolute atomic E-state index is 13.2. The Hall–Kier alpha value is -2.05. The van der Waals surface area contributed by atoms with E-state index >= 15 is 0 Å². The highest BCUT2D eigenvalue weighted by atomic mass is 35.5. The van der Waals surface area contributed by atoms with Crippen molar-refractivity contribution in [2.75, 3.05) is 17.4 Å². The molecule has 2 aromatic carbocycles. The molecule has 0 saturated heterocycles. The van der Waals surface area contributed by atoms with E-state index in [1.807, 2.05) is 0 Å². The van der Waals surface area contributed by atoms with Crippen LogP contribution in [0.2, 0.25) is 5.02 Å². The summed E-state index contributed by atoms with van der Waals surface area (Å²) in [6.45, 7) is 4.51. The number of anilines is 1. The highest BCUT2D eigenvalue weighted by Gasteiger charge is 2.27. The molecule has 1 N–H and O–H groups in total. The first-order valence-corrected chi connectivity index (χ1v) is 11.8. The van der Waals surface area contributed by atoms with Crippen molar-refractivity contribution in [2.45, 2.75) is 44.4 Å². The molecule has 0 aliphatic heterocycles. The third-order valence-corrected chi connectivity index (χ3v) is 6.90. The summed E-state index contributed by atoms with van der Waals surface area (Å²) in [4.78, 5) is 12.8. The van der Waals surface area contributed by atoms with E-state index in [9.17, 15) is 13.2 Å². The fraction of sp³-hybridized carbons (Fsp3) is 0.409. The number of nitrogens with zero attached hydrogens (tertiary/aromatic N) is 1. The van der Waals surface area contributed by atoms with E-state index < -0.39 is 10.0 Å². The molecule has 1 amide bonds. The van der Waals surface area contributed by atoms with Crippen LogP contribution in [0, 0.1) is 5.92 Å². The second-order valence-electron chi connectivity index (χ2n) is 7.02. The Balaban J connectivity index is 2.20. The second-order valence-corrected chi connectivity index (χ2v) is 9.32. The first kappa shape index (κ1) is 23.2. The van der Waals surface area contributed by atoms with E-state index in [4.69, 9.17) is 11.6 Å². The Kier molecular flexibility index (Phi) is 8.99. The van der Waals surface area contributed by atoms with Gasteiger partial charge in [0.1, 0.15) is 6.54 Å². The number of sulfonamides is 1. The molecule has 158 valence electrons. The first-order chi connectivity index (χ1) is 13.9. The summed E-state index contributed by atoms with van der Waals surface area (Å²) in [6.07, 6.45) is 4.26. The molecule has 5 nitrogen and oxygen atoms in total. The van der Waals surface area contributed by atoms with Crippen molar-refractivity contribution in [1.29, 1.82) is 0 Å². The standard InChI is InChI=1S/C22H29ClN2O3S/c1-3-5-9-18(4-2)16-24-22(26)17-25(20-14-12-19(23)13-15-20)29(27,28)21-10-7-6-8-11-21/h6-8,10-15,18H,3-5,9,16-17H2,1-2H3,(H,24,26). The highest BCUT2D eigenvalue weighted by Crippen LogP contribution is 2.25. The average Bonchev–Trinajstić information content (AvgIpc) is 2.73. The number of hydrogen-bond donors (Lipinski definition) is 1. The number of hydrogen-bond acceptors (Lipinski definition) is 3. The average molecular weight is 437 g/mol. The Morgan fingerprint density at radius 3 is 2.31 bits per heavy atom. The molecule has 0 fully saturated rings. The Morgan fingerprint density at radius 2 is 1.72 bits per heavy atom. The van der Waals surface area contributed by atoms with Crippen LogP contribution >= 0.6 is 11.6 Å². The van der Waals surface area contributed by atoms with Gasteiger partial charge < -0.3 is 5.32 Å². The van der Waals surface area contributed by atoms with Gasteiger partial charge in [0, 0.05) is 11.6 Å². The first-order valence-electron chi connectivity index (χ1n) is 9.98. The van der Waals surface area contributed by atoms with Crippen molar-refractivity contribution in [3.05, 3.63) is 59.6 Å². The molecule has 7 heteroatoms. The van der Waals surface area contributed by atoms with E-state index in [0.717, 1.165) is 30.0 Å². The lowest BCUT2D eigenvalue weighted by Crippen LogP contribution is -2.42. The molecule has 0 heterocycles. The van der Waals surface area contributed by atoms with Gasteiger partial charge in [0.25, 0.3) is 10.0 Å². The van der Waals surface area contributed by atoms with Gasteiger partial charge in [-0.15, -0.1) is 0 Å². The lowest BCUT2D eigenvalue weighted by molar-refractivity contribution is -0.119. The summed E-state index contributed by atoms with van der Waals surface area (Å²) < 4.78 is 27.5. The number of nitrogens with one attached hydrogen (secondary N) is 1. The minimum Gasteiger partial charge on any atom is -0.354 e. The molecular formula is C22H29ClN2O3S. The van der Waals surface area contributed by atoms with Gasteiger partial charge >= 0.3 is 0 Å². The van der Waals surface area contributed by atoms with Crippen molar-refractivity contribution in [2.24, 2.45) is 5.92 Å². The Morgan fingerprint density at radius 1 is 1.07 bits per heavy atom. The van der Waals surface area contributed by atoms with Gasteiger partial charge in [0.05, 0.1) is 10.6 Å². The number of benzene rings is 2. The van der Waals surface area contributed by atoms with Crippen molar-refractivity contribution < 1.29 is 13.2 Å². The summed E-state index contributed by atoms with van der Waals surface area (Å²) in [5, 5.41) is 3.40. The molecule has 1 unspecified atom stereocenters. The second kappa shape index (κ2) is 11.2. The van der Waals surface area contributed by atoms with E-state index in [2.05, 4.69) is 19.2 Å². The van der Waals surface area contributed by atoms with E-state index in [1.165, 1.54) is 12.1 Å². The van der Waals surface area contributed by atoms with Crippen molar-refractivity contribution >= 4 is 33.2 Å². The van der Waals surface area contributed by atoms with Gasteiger partial charge in [0.15, 0.2) is 0 Å². The van der Waals surface area contributed by atoms with Crippen LogP contribution in [-0.2, 0) is 14.8 Å². The number of rotatable bonds is 11. The van der Waals surface area contributed by atoms with Crippen LogP contribution in [-0.4, -0.2) is 27.4 Å². The normalized spacial score (nSPS) is 12.4. The molecule has 0 aliphatic carbocycles. The lowest BCUT2D eigenvalue weighted by atomic mass is 9.99. The third-order valence-electron chi connectivity index (χ3n) is 4.86. The van der Waals surface area contributed by atoms with Crippen LogP contribution in [0.3, 0.4) is 0 Å². The zero-order valence-electron chi connectivity index (χ0n) is 17.0. The predicted octanol–water partition coefficient (Wildman–Crippen LogP) is 4.87. The zero-order chi connectivity index (χ0) is 21.3. The summed E-state index contributed by atoms with van der Waals surface area (Å²) in [5.41, 5.74) is 0.395. The Labute approximate surface area is 179 Å². The lowest BCUT2D eigenvalue weighted by Gasteiger charge is -2.25. The predicted molar refractivity (Wildman–Crippen MR) is 119 cm³/mol. The summed E-state index contributed by atoms with van der Waals surface area (Å²) in [7, 11) is -3.89. The summed E-state index contributed by atoms with van der Waals surface area (Å²) in [6, 6.07) is 14.5. The van der Waals surface area contributed by atoms with E-state index in [-0.39, 0.29) is 17.3 Å².